The highest BCUT2D eigenvalue weighted by atomic mass is 16.2. The molecule has 4 aromatic heterocycles. The maximum atomic E-state index is 15.6. The van der Waals surface area contributed by atoms with E-state index in [0.29, 0.717) is 81.9 Å². The molecule has 8 heterocycles. The maximum Gasteiger partial charge on any atom is 0.336 e. The van der Waals surface area contributed by atoms with Gasteiger partial charge in [-0.05, 0) is 110 Å². The minimum absolute atomic E-state index is 0.153. The van der Waals surface area contributed by atoms with Gasteiger partial charge in [-0.1, -0.05) is 48.5 Å². The van der Waals surface area contributed by atoms with Gasteiger partial charge in [0.1, 0.15) is 11.1 Å². The largest absolute Gasteiger partial charge is 0.336 e. The van der Waals surface area contributed by atoms with E-state index < -0.39 is 35.0 Å². The third kappa shape index (κ3) is 6.90. The van der Waals surface area contributed by atoms with Crippen molar-refractivity contribution in [3.8, 4) is 11.1 Å². The number of nitrogens with zero attached hydrogens (tertiary/aromatic N) is 10. The van der Waals surface area contributed by atoms with Crippen molar-refractivity contribution in [3.05, 3.63) is 157 Å². The number of hydrogen-bond acceptors (Lipinski definition) is 10. The van der Waals surface area contributed by atoms with Crippen LogP contribution < -0.4 is 19.6 Å². The van der Waals surface area contributed by atoms with Gasteiger partial charge in [0.15, 0.2) is 0 Å². The topological polar surface area (TPSA) is 139 Å². The highest BCUT2D eigenvalue weighted by Gasteiger charge is 2.62. The summed E-state index contributed by atoms with van der Waals surface area (Å²) in [6.07, 6.45) is 11.4. The third-order valence-corrected chi connectivity index (χ3v) is 13.5. The molecule has 4 fully saturated rings. The number of anilines is 4. The van der Waals surface area contributed by atoms with E-state index in [1.54, 1.807) is 83.4 Å². The van der Waals surface area contributed by atoms with Crippen LogP contribution in [0.25, 0.3) is 11.1 Å². The number of piperidine rings is 2. The molecule has 0 N–H and O–H groups in total. The van der Waals surface area contributed by atoms with Gasteiger partial charge in [0.25, 0.3) is 11.8 Å². The Balaban J connectivity index is 1.06. The molecule has 0 bridgehead atoms. The number of amides is 6. The van der Waals surface area contributed by atoms with Crippen LogP contribution in [0.3, 0.4) is 0 Å². The van der Waals surface area contributed by atoms with Gasteiger partial charge in [0.05, 0.1) is 46.5 Å². The van der Waals surface area contributed by atoms with E-state index in [1.807, 2.05) is 74.5 Å². The van der Waals surface area contributed by atoms with Gasteiger partial charge < -0.3 is 0 Å². The maximum absolute atomic E-state index is 15.6. The number of hydrogen-bond donors (Lipinski definition) is 0. The number of carbonyl (C=O) groups is 4. The molecule has 0 saturated carbocycles. The van der Waals surface area contributed by atoms with Crippen LogP contribution in [0.5, 0.6) is 0 Å². The number of urea groups is 2. The highest BCUT2D eigenvalue weighted by molar-refractivity contribution is 6.35. The standard InChI is InChI=1S/C50H48N10O4/c1-35-10-6-24-53-41(35)33-55-26-18-49(19-27-55)45(61)57(47(63)59(49)39-14-8-22-51-31-39)43-17-16-38(37-12-4-3-5-13-37)30-44(43)58-46(62)50(60(48(58)64)40-15-9-23-52-32-40)20-28-56(29-21-50)34-42-36(2)11-7-25-54-42/h3-17,22-25,30-32H,18-21,26-29,33-34H2,1-2H3. The Morgan fingerprint density at radius 2 is 0.969 bits per heavy atom. The van der Waals surface area contributed by atoms with Crippen molar-refractivity contribution in [1.82, 2.24) is 29.7 Å². The lowest BCUT2D eigenvalue weighted by atomic mass is 9.85. The molecule has 64 heavy (non-hydrogen) atoms. The predicted octanol–water partition coefficient (Wildman–Crippen LogP) is 7.57. The Hall–Kier alpha value is -7.16. The highest BCUT2D eigenvalue weighted by Crippen LogP contribution is 2.49. The minimum Gasteiger partial charge on any atom is -0.297 e. The molecule has 0 radical (unpaired) electrons. The van der Waals surface area contributed by atoms with Crippen molar-refractivity contribution in [3.63, 3.8) is 0 Å². The molecule has 0 aliphatic carbocycles. The van der Waals surface area contributed by atoms with E-state index in [9.17, 15) is 0 Å². The molecular weight excluding hydrogens is 805 g/mol. The molecule has 4 aliphatic rings. The lowest BCUT2D eigenvalue weighted by Gasteiger charge is -2.42. The Kier molecular flexibility index (Phi) is 10.6. The number of aryl methyl sites for hydroxylation is 2. The fourth-order valence-electron chi connectivity index (χ4n) is 9.99. The molecule has 6 amide bonds. The van der Waals surface area contributed by atoms with Crippen LogP contribution in [0.2, 0.25) is 0 Å². The molecule has 4 saturated heterocycles. The molecule has 0 atom stereocenters. The van der Waals surface area contributed by atoms with Crippen molar-refractivity contribution in [2.75, 3.05) is 45.8 Å². The van der Waals surface area contributed by atoms with Crippen molar-refractivity contribution >= 4 is 46.6 Å². The molecule has 0 unspecified atom stereocenters. The summed E-state index contributed by atoms with van der Waals surface area (Å²) in [7, 11) is 0. The average Bonchev–Trinajstić information content (AvgIpc) is 3.66. The molecular formula is C50H48N10O4. The SMILES string of the molecule is Cc1cccnc1CN1CCC2(CC1)C(=O)N(c1ccc(-c3ccccc3)cc1N1C(=O)N(c3cccnc3)C3(CCN(Cc4ncccc4C)CC3)C1=O)C(=O)N2c1cccnc1. The normalized spacial score (nSPS) is 18.8. The van der Waals surface area contributed by atoms with Gasteiger partial charge in [-0.3, -0.25) is 49.1 Å². The van der Waals surface area contributed by atoms with Gasteiger partial charge in [0, 0.05) is 64.1 Å². The molecule has 14 heteroatoms. The van der Waals surface area contributed by atoms with E-state index in [-0.39, 0.29) is 11.4 Å². The Morgan fingerprint density at radius 3 is 1.42 bits per heavy atom. The summed E-state index contributed by atoms with van der Waals surface area (Å²) in [5.41, 5.74) is 4.42. The second-order valence-corrected chi connectivity index (χ2v) is 17.2. The van der Waals surface area contributed by atoms with Crippen LogP contribution in [-0.2, 0) is 22.7 Å². The van der Waals surface area contributed by atoms with E-state index in [2.05, 4.69) is 29.7 Å². The summed E-state index contributed by atoms with van der Waals surface area (Å²) >= 11 is 0. The van der Waals surface area contributed by atoms with Crippen LogP contribution in [0.1, 0.15) is 48.2 Å². The van der Waals surface area contributed by atoms with Crippen LogP contribution >= 0.6 is 0 Å². The average molecular weight is 853 g/mol. The van der Waals surface area contributed by atoms with Crippen LogP contribution in [-0.4, -0.2) is 90.9 Å². The zero-order valence-corrected chi connectivity index (χ0v) is 35.9. The van der Waals surface area contributed by atoms with Gasteiger partial charge in [-0.25, -0.2) is 19.4 Å². The first-order valence-electron chi connectivity index (χ1n) is 21.8. The van der Waals surface area contributed by atoms with E-state index in [1.165, 1.54) is 9.80 Å². The van der Waals surface area contributed by atoms with Gasteiger partial charge >= 0.3 is 12.1 Å². The number of benzene rings is 2. The van der Waals surface area contributed by atoms with Crippen molar-refractivity contribution < 1.29 is 19.2 Å². The molecule has 14 nitrogen and oxygen atoms in total. The number of likely N-dealkylation sites (tertiary alicyclic amines) is 2. The first kappa shape index (κ1) is 40.9. The summed E-state index contributed by atoms with van der Waals surface area (Å²) in [4.78, 5) is 89.6. The fourth-order valence-corrected chi connectivity index (χ4v) is 9.99. The lowest BCUT2D eigenvalue weighted by molar-refractivity contribution is -0.124. The van der Waals surface area contributed by atoms with E-state index in [0.717, 1.165) is 28.1 Å². The summed E-state index contributed by atoms with van der Waals surface area (Å²) in [6, 6.07) is 28.8. The molecule has 2 spiro atoms. The number of aromatic nitrogens is 4. The molecule has 10 rings (SSSR count). The molecule has 6 aromatic rings. The van der Waals surface area contributed by atoms with Crippen molar-refractivity contribution in [1.29, 1.82) is 0 Å². The first-order valence-corrected chi connectivity index (χ1v) is 21.8. The second-order valence-electron chi connectivity index (χ2n) is 17.2. The molecule has 2 aromatic carbocycles. The summed E-state index contributed by atoms with van der Waals surface area (Å²) in [6.45, 7) is 7.41. The summed E-state index contributed by atoms with van der Waals surface area (Å²) in [5, 5.41) is 0. The van der Waals surface area contributed by atoms with Gasteiger partial charge in [-0.15, -0.1) is 0 Å². The van der Waals surface area contributed by atoms with Crippen molar-refractivity contribution in [2.24, 2.45) is 0 Å². The zero-order valence-electron chi connectivity index (χ0n) is 35.9. The quantitative estimate of drug-likeness (QED) is 0.134. The first-order chi connectivity index (χ1) is 31.2. The summed E-state index contributed by atoms with van der Waals surface area (Å²) < 4.78 is 0. The number of rotatable bonds is 9. The lowest BCUT2D eigenvalue weighted by Crippen LogP contribution is -2.57. The van der Waals surface area contributed by atoms with Crippen LogP contribution in [0.4, 0.5) is 32.3 Å². The van der Waals surface area contributed by atoms with Crippen LogP contribution in [0, 0.1) is 13.8 Å². The number of carbonyl (C=O) groups excluding carboxylic acids is 4. The Labute approximate surface area is 371 Å². The fraction of sp³-hybridized carbons (Fsp3) is 0.280. The molecule has 322 valence electrons. The van der Waals surface area contributed by atoms with Crippen LogP contribution in [0.15, 0.2) is 134 Å². The third-order valence-electron chi connectivity index (χ3n) is 13.5. The van der Waals surface area contributed by atoms with E-state index in [4.69, 9.17) is 0 Å². The monoisotopic (exact) mass is 852 g/mol. The smallest absolute Gasteiger partial charge is 0.297 e. The van der Waals surface area contributed by atoms with E-state index >= 15 is 19.2 Å². The van der Waals surface area contributed by atoms with Gasteiger partial charge in [-0.2, -0.15) is 0 Å². The Bertz CT molecular complexity index is 2740. The second kappa shape index (κ2) is 16.5. The Morgan fingerprint density at radius 1 is 0.500 bits per heavy atom. The molecule has 4 aliphatic heterocycles. The minimum atomic E-state index is -1.27. The zero-order chi connectivity index (χ0) is 44.0. The summed E-state index contributed by atoms with van der Waals surface area (Å²) in [5.74, 6) is -0.836. The van der Waals surface area contributed by atoms with Gasteiger partial charge in [0.2, 0.25) is 0 Å². The predicted molar refractivity (Wildman–Crippen MR) is 244 cm³/mol. The number of pyridine rings is 4. The number of imide groups is 2. The van der Waals surface area contributed by atoms with Crippen molar-refractivity contribution in [2.45, 2.75) is 63.7 Å².